The molecular formula is C24H16BrClN2O8S2. The predicted octanol–water partition coefficient (Wildman–Crippen LogP) is 6.02. The summed E-state index contributed by atoms with van der Waals surface area (Å²) in [6.07, 6.45) is 1.48. The fourth-order valence-corrected chi connectivity index (χ4v) is 6.06. The molecule has 0 N–H and O–H groups in total. The maximum Gasteiger partial charge on any atom is 0.339 e. The van der Waals surface area contributed by atoms with Gasteiger partial charge in [0.15, 0.2) is 11.5 Å². The van der Waals surface area contributed by atoms with Crippen LogP contribution in [-0.2, 0) is 21.5 Å². The van der Waals surface area contributed by atoms with Crippen LogP contribution in [0.2, 0.25) is 5.02 Å². The van der Waals surface area contributed by atoms with Gasteiger partial charge in [-0.05, 0) is 81.3 Å². The molecule has 38 heavy (non-hydrogen) atoms. The van der Waals surface area contributed by atoms with Crippen LogP contribution in [0.15, 0.2) is 74.9 Å². The number of halogens is 2. The second-order valence-corrected chi connectivity index (χ2v) is 11.6. The maximum absolute atomic E-state index is 12.9. The van der Waals surface area contributed by atoms with Gasteiger partial charge in [0.05, 0.1) is 28.0 Å². The lowest BCUT2D eigenvalue weighted by Crippen LogP contribution is -2.27. The van der Waals surface area contributed by atoms with Gasteiger partial charge < -0.3 is 8.92 Å². The molecule has 3 aromatic rings. The summed E-state index contributed by atoms with van der Waals surface area (Å²) >= 11 is 10.0. The fraction of sp³-hybridized carbons (Fsp3) is 0.0833. The van der Waals surface area contributed by atoms with Crippen LogP contribution >= 0.6 is 39.3 Å². The third kappa shape index (κ3) is 6.01. The quantitative estimate of drug-likeness (QED) is 0.125. The molecule has 1 heterocycles. The first kappa shape index (κ1) is 27.6. The highest BCUT2D eigenvalue weighted by Crippen LogP contribution is 2.40. The molecule has 0 aliphatic carbocycles. The molecule has 1 aliphatic heterocycles. The summed E-state index contributed by atoms with van der Waals surface area (Å²) in [4.78, 5) is 36.6. The highest BCUT2D eigenvalue weighted by Gasteiger charge is 2.35. The minimum Gasteiger partial charge on any atom is -0.493 e. The van der Waals surface area contributed by atoms with Crippen LogP contribution in [-0.4, -0.2) is 36.5 Å². The monoisotopic (exact) mass is 638 g/mol. The van der Waals surface area contributed by atoms with Crippen LogP contribution < -0.4 is 8.92 Å². The molecule has 0 radical (unpaired) electrons. The van der Waals surface area contributed by atoms with Crippen molar-refractivity contribution in [3.63, 3.8) is 0 Å². The van der Waals surface area contributed by atoms with Crippen molar-refractivity contribution in [2.45, 2.75) is 11.4 Å². The Balaban J connectivity index is 1.58. The smallest absolute Gasteiger partial charge is 0.339 e. The number of ether oxygens (including phenoxy) is 1. The van der Waals surface area contributed by atoms with Crippen molar-refractivity contribution in [2.24, 2.45) is 0 Å². The maximum atomic E-state index is 12.9. The van der Waals surface area contributed by atoms with Crippen LogP contribution in [0.5, 0.6) is 11.5 Å². The average Bonchev–Trinajstić information content (AvgIpc) is 3.12. The number of hydrogen-bond donors (Lipinski definition) is 0. The third-order valence-corrected chi connectivity index (χ3v) is 8.15. The first-order valence-electron chi connectivity index (χ1n) is 10.5. The number of benzene rings is 3. The van der Waals surface area contributed by atoms with Gasteiger partial charge in [0.1, 0.15) is 4.90 Å². The number of nitro groups is 1. The standard InChI is InChI=1S/C24H16BrClN2O8S2/c1-35-20-11-15(12-21-23(29)27(24(30)37-21)13-14-3-2-4-16(26)9-14)10-19(25)22(20)36-38(33,34)18-7-5-17(6-8-18)28(31)32/h2-12H,13H2,1H3/b21-12-. The Morgan fingerprint density at radius 2 is 1.84 bits per heavy atom. The normalized spacial score (nSPS) is 14.7. The second kappa shape index (κ2) is 11.2. The van der Waals surface area contributed by atoms with Gasteiger partial charge in [-0.2, -0.15) is 8.42 Å². The number of methoxy groups -OCH3 is 1. The molecule has 196 valence electrons. The van der Waals surface area contributed by atoms with Crippen LogP contribution in [0, 0.1) is 10.1 Å². The summed E-state index contributed by atoms with van der Waals surface area (Å²) < 4.78 is 36.3. The zero-order chi connectivity index (χ0) is 27.6. The van der Waals surface area contributed by atoms with Crippen LogP contribution in [0.4, 0.5) is 10.5 Å². The number of nitrogens with zero attached hydrogens (tertiary/aromatic N) is 2. The van der Waals surface area contributed by atoms with E-state index in [-0.39, 0.29) is 38.0 Å². The van der Waals surface area contributed by atoms with Crippen molar-refractivity contribution in [3.8, 4) is 11.5 Å². The van der Waals surface area contributed by atoms with Gasteiger partial charge in [-0.25, -0.2) is 0 Å². The Kier molecular flexibility index (Phi) is 8.11. The molecule has 1 aliphatic rings. The molecule has 0 bridgehead atoms. The number of non-ortho nitro benzene ring substituents is 1. The number of amides is 2. The largest absolute Gasteiger partial charge is 0.493 e. The molecule has 0 atom stereocenters. The van der Waals surface area contributed by atoms with E-state index in [1.54, 1.807) is 24.3 Å². The van der Waals surface area contributed by atoms with Crippen LogP contribution in [0.3, 0.4) is 0 Å². The highest BCUT2D eigenvalue weighted by molar-refractivity contribution is 9.10. The Morgan fingerprint density at radius 1 is 1.13 bits per heavy atom. The molecule has 0 unspecified atom stereocenters. The number of imide groups is 1. The van der Waals surface area contributed by atoms with Gasteiger partial charge in [-0.15, -0.1) is 0 Å². The predicted molar refractivity (Wildman–Crippen MR) is 145 cm³/mol. The Bertz CT molecular complexity index is 1590. The summed E-state index contributed by atoms with van der Waals surface area (Å²) in [7, 11) is -3.07. The van der Waals surface area contributed by atoms with E-state index >= 15 is 0 Å². The minimum absolute atomic E-state index is 0.0225. The van der Waals surface area contributed by atoms with E-state index < -0.39 is 26.2 Å². The molecule has 0 aromatic heterocycles. The molecule has 4 rings (SSSR count). The van der Waals surface area contributed by atoms with Crippen molar-refractivity contribution in [1.82, 2.24) is 4.90 Å². The van der Waals surface area contributed by atoms with Gasteiger partial charge in [0.25, 0.3) is 16.8 Å². The lowest BCUT2D eigenvalue weighted by Gasteiger charge is -2.14. The zero-order valence-corrected chi connectivity index (χ0v) is 23.3. The third-order valence-electron chi connectivity index (χ3n) is 5.18. The van der Waals surface area contributed by atoms with Gasteiger partial charge in [-0.3, -0.25) is 24.6 Å². The van der Waals surface area contributed by atoms with Gasteiger partial charge in [0, 0.05) is 17.2 Å². The average molecular weight is 640 g/mol. The van der Waals surface area contributed by atoms with E-state index in [9.17, 15) is 28.1 Å². The Labute approximate surface area is 234 Å². The summed E-state index contributed by atoms with van der Waals surface area (Å²) in [5, 5.41) is 10.9. The molecule has 2 amide bonds. The number of rotatable bonds is 8. The highest BCUT2D eigenvalue weighted by atomic mass is 79.9. The van der Waals surface area contributed by atoms with E-state index in [2.05, 4.69) is 15.9 Å². The van der Waals surface area contributed by atoms with E-state index in [1.807, 2.05) is 0 Å². The Hall–Kier alpha value is -3.39. The van der Waals surface area contributed by atoms with Crippen LogP contribution in [0.25, 0.3) is 6.08 Å². The zero-order valence-electron chi connectivity index (χ0n) is 19.3. The number of carbonyl (C=O) groups excluding carboxylic acids is 2. The summed E-state index contributed by atoms with van der Waals surface area (Å²) in [6, 6.07) is 14.0. The molecule has 0 spiro atoms. The number of hydrogen-bond acceptors (Lipinski definition) is 9. The molecule has 10 nitrogen and oxygen atoms in total. The first-order chi connectivity index (χ1) is 18.0. The Morgan fingerprint density at radius 3 is 2.47 bits per heavy atom. The second-order valence-electron chi connectivity index (χ2n) is 7.72. The van der Waals surface area contributed by atoms with E-state index in [0.717, 1.165) is 40.9 Å². The molecule has 14 heteroatoms. The number of thioether (sulfide) groups is 1. The van der Waals surface area contributed by atoms with Crippen molar-refractivity contribution in [3.05, 3.63) is 96.3 Å². The summed E-state index contributed by atoms with van der Waals surface area (Å²) in [5.74, 6) is -0.637. The van der Waals surface area contributed by atoms with Crippen molar-refractivity contribution >= 4 is 72.3 Å². The fourth-order valence-electron chi connectivity index (χ4n) is 3.40. The van der Waals surface area contributed by atoms with Gasteiger partial charge in [0.2, 0.25) is 0 Å². The van der Waals surface area contributed by atoms with Gasteiger partial charge >= 0.3 is 10.1 Å². The number of carbonyl (C=O) groups is 2. The lowest BCUT2D eigenvalue weighted by atomic mass is 10.1. The minimum atomic E-state index is -4.37. The molecule has 0 saturated carbocycles. The first-order valence-corrected chi connectivity index (χ1v) is 13.9. The molecule has 1 saturated heterocycles. The van der Waals surface area contributed by atoms with Gasteiger partial charge in [-0.1, -0.05) is 23.7 Å². The van der Waals surface area contributed by atoms with E-state index in [1.165, 1.54) is 25.3 Å². The van der Waals surface area contributed by atoms with Crippen molar-refractivity contribution < 1.29 is 31.9 Å². The number of nitro benzene ring substituents is 1. The molecule has 3 aromatic carbocycles. The SMILES string of the molecule is COc1cc(/C=C2\SC(=O)N(Cc3cccc(Cl)c3)C2=O)cc(Br)c1OS(=O)(=O)c1ccc([N+](=O)[O-])cc1. The van der Waals surface area contributed by atoms with E-state index in [0.29, 0.717) is 16.1 Å². The van der Waals surface area contributed by atoms with E-state index in [4.69, 9.17) is 20.5 Å². The topological polar surface area (TPSA) is 133 Å². The molecule has 1 fully saturated rings. The molecular weight excluding hydrogens is 624 g/mol. The summed E-state index contributed by atoms with van der Waals surface area (Å²) in [6.45, 7) is 0.0584. The van der Waals surface area contributed by atoms with Crippen molar-refractivity contribution in [1.29, 1.82) is 0 Å². The van der Waals surface area contributed by atoms with Crippen LogP contribution in [0.1, 0.15) is 11.1 Å². The summed E-state index contributed by atoms with van der Waals surface area (Å²) in [5.41, 5.74) is 0.854. The lowest BCUT2D eigenvalue weighted by molar-refractivity contribution is -0.384. The van der Waals surface area contributed by atoms with Crippen molar-refractivity contribution in [2.75, 3.05) is 7.11 Å².